The summed E-state index contributed by atoms with van der Waals surface area (Å²) in [5, 5.41) is 11.7. The van der Waals surface area contributed by atoms with Gasteiger partial charge in [-0.05, 0) is 0 Å². The van der Waals surface area contributed by atoms with Crippen molar-refractivity contribution in [3.05, 3.63) is 12.4 Å². The largest absolute Gasteiger partial charge is 0.358 e. The minimum absolute atomic E-state index is 0.221. The Hall–Kier alpha value is -1.61. The summed E-state index contributed by atoms with van der Waals surface area (Å²) < 4.78 is 20.9. The molecule has 0 unspecified atom stereocenters. The van der Waals surface area contributed by atoms with E-state index >= 15 is 0 Å². The van der Waals surface area contributed by atoms with Gasteiger partial charge in [-0.15, -0.1) is 5.10 Å². The maximum Gasteiger partial charge on any atom is 0.358 e. The van der Waals surface area contributed by atoms with Crippen LogP contribution in [0.1, 0.15) is 0 Å². The quantitative estimate of drug-likeness (QED) is 0.583. The summed E-state index contributed by atoms with van der Waals surface area (Å²) in [4.78, 5) is 14.2. The average Bonchev–Trinajstić information content (AvgIpc) is 2.04. The van der Waals surface area contributed by atoms with Crippen molar-refractivity contribution in [1.82, 2.24) is 15.2 Å². The van der Waals surface area contributed by atoms with Crippen molar-refractivity contribution in [2.75, 3.05) is 5.32 Å². The van der Waals surface area contributed by atoms with E-state index in [0.717, 1.165) is 0 Å². The maximum atomic E-state index is 10.7. The van der Waals surface area contributed by atoms with Crippen LogP contribution in [-0.4, -0.2) is 28.8 Å². The van der Waals surface area contributed by atoms with Crippen molar-refractivity contribution < 1.29 is 13.2 Å². The van der Waals surface area contributed by atoms with Crippen molar-refractivity contribution >= 4 is 21.2 Å². The van der Waals surface area contributed by atoms with Gasteiger partial charge in [-0.3, -0.25) is 10.1 Å². The molecule has 0 fully saturated rings. The first-order valence-corrected chi connectivity index (χ1v) is 4.52. The molecule has 13 heavy (non-hydrogen) atoms. The standard InChI is InChI=1S/C4H5N5O3S/c5-13(11,12)4(10)8-3-6-1-2-7-9-3/h1-2H,(H2,5,11,12)(H,6,8,9,10). The van der Waals surface area contributed by atoms with E-state index in [-0.39, 0.29) is 5.95 Å². The number of nitrogens with zero attached hydrogens (tertiary/aromatic N) is 3. The highest BCUT2D eigenvalue weighted by Gasteiger charge is 2.17. The molecule has 0 saturated carbocycles. The van der Waals surface area contributed by atoms with Gasteiger partial charge in [0.15, 0.2) is 0 Å². The molecule has 0 aromatic carbocycles. The topological polar surface area (TPSA) is 128 Å². The molecule has 0 saturated heterocycles. The normalized spacial score (nSPS) is 10.8. The molecule has 0 aliphatic carbocycles. The number of hydrogen-bond acceptors (Lipinski definition) is 6. The molecule has 1 aromatic heterocycles. The lowest BCUT2D eigenvalue weighted by Gasteiger charge is -1.98. The van der Waals surface area contributed by atoms with Gasteiger partial charge in [0.25, 0.3) is 10.0 Å². The van der Waals surface area contributed by atoms with E-state index in [9.17, 15) is 13.2 Å². The fourth-order valence-corrected chi connectivity index (χ4v) is 0.701. The summed E-state index contributed by atoms with van der Waals surface area (Å²) in [6.45, 7) is 0. The summed E-state index contributed by atoms with van der Waals surface area (Å²) in [5.74, 6) is -0.221. The molecular weight excluding hydrogens is 198 g/mol. The molecule has 0 aliphatic rings. The predicted molar refractivity (Wildman–Crippen MR) is 42.0 cm³/mol. The van der Waals surface area contributed by atoms with Gasteiger partial charge >= 0.3 is 5.24 Å². The minimum Gasteiger partial charge on any atom is -0.279 e. The first-order valence-electron chi connectivity index (χ1n) is 2.97. The van der Waals surface area contributed by atoms with Crippen LogP contribution < -0.4 is 10.5 Å². The Labute approximate surface area is 73.2 Å². The third-order valence-corrected chi connectivity index (χ3v) is 1.57. The van der Waals surface area contributed by atoms with E-state index in [2.05, 4.69) is 20.3 Å². The van der Waals surface area contributed by atoms with Crippen LogP contribution >= 0.6 is 0 Å². The monoisotopic (exact) mass is 203 g/mol. The summed E-state index contributed by atoms with van der Waals surface area (Å²) >= 11 is 0. The van der Waals surface area contributed by atoms with Crippen molar-refractivity contribution in [3.8, 4) is 0 Å². The Morgan fingerprint density at radius 3 is 2.62 bits per heavy atom. The van der Waals surface area contributed by atoms with Gasteiger partial charge in [-0.2, -0.15) is 5.10 Å². The van der Waals surface area contributed by atoms with Crippen LogP contribution in [0.25, 0.3) is 0 Å². The zero-order chi connectivity index (χ0) is 9.90. The third kappa shape index (κ3) is 2.72. The smallest absolute Gasteiger partial charge is 0.279 e. The van der Waals surface area contributed by atoms with Crippen molar-refractivity contribution in [1.29, 1.82) is 0 Å². The molecule has 0 atom stereocenters. The molecule has 0 aliphatic heterocycles. The highest BCUT2D eigenvalue weighted by molar-refractivity contribution is 8.04. The van der Waals surface area contributed by atoms with Crippen molar-refractivity contribution in [2.24, 2.45) is 5.14 Å². The van der Waals surface area contributed by atoms with E-state index in [4.69, 9.17) is 0 Å². The number of nitrogens with one attached hydrogen (secondary N) is 1. The van der Waals surface area contributed by atoms with Gasteiger partial charge in [0.1, 0.15) is 0 Å². The van der Waals surface area contributed by atoms with E-state index in [0.29, 0.717) is 0 Å². The number of rotatable bonds is 1. The summed E-state index contributed by atoms with van der Waals surface area (Å²) in [6.07, 6.45) is 2.51. The number of sulfonamides is 1. The Bertz CT molecular complexity index is 401. The summed E-state index contributed by atoms with van der Waals surface area (Å²) in [7, 11) is -4.26. The fourth-order valence-electron chi connectivity index (χ4n) is 0.467. The van der Waals surface area contributed by atoms with E-state index < -0.39 is 15.3 Å². The Kier molecular flexibility index (Phi) is 2.49. The number of amides is 1. The second kappa shape index (κ2) is 3.41. The first-order chi connectivity index (χ1) is 6.00. The van der Waals surface area contributed by atoms with Gasteiger partial charge in [0.05, 0.1) is 12.4 Å². The van der Waals surface area contributed by atoms with Gasteiger partial charge < -0.3 is 0 Å². The lowest BCUT2D eigenvalue weighted by molar-refractivity contribution is 0.267. The minimum atomic E-state index is -4.26. The summed E-state index contributed by atoms with van der Waals surface area (Å²) in [6, 6.07) is 0. The third-order valence-electron chi connectivity index (χ3n) is 0.955. The predicted octanol–water partition coefficient (Wildman–Crippen LogP) is -1.31. The molecule has 1 aromatic rings. The molecule has 1 amide bonds. The Morgan fingerprint density at radius 1 is 1.46 bits per heavy atom. The number of anilines is 1. The Morgan fingerprint density at radius 2 is 2.15 bits per heavy atom. The number of primary sulfonamides is 1. The van der Waals surface area contributed by atoms with Gasteiger partial charge in [-0.25, -0.2) is 18.5 Å². The van der Waals surface area contributed by atoms with Gasteiger partial charge in [0.2, 0.25) is 5.95 Å². The lowest BCUT2D eigenvalue weighted by atomic mass is 10.8. The number of carbonyl (C=O) groups is 1. The molecule has 0 radical (unpaired) electrons. The first kappa shape index (κ1) is 9.48. The zero-order valence-electron chi connectivity index (χ0n) is 6.21. The van der Waals surface area contributed by atoms with Crippen LogP contribution in [-0.2, 0) is 10.0 Å². The molecule has 0 spiro atoms. The molecule has 3 N–H and O–H groups in total. The molecule has 70 valence electrons. The number of hydrogen-bond donors (Lipinski definition) is 2. The second-order valence-corrected chi connectivity index (χ2v) is 3.38. The molecule has 9 heteroatoms. The number of aromatic nitrogens is 3. The maximum absolute atomic E-state index is 10.7. The molecule has 1 heterocycles. The van der Waals surface area contributed by atoms with E-state index in [1.54, 1.807) is 0 Å². The fraction of sp³-hybridized carbons (Fsp3) is 0. The SMILES string of the molecule is NS(=O)(=O)C(=O)Nc1nccnn1. The van der Waals surface area contributed by atoms with Crippen LogP contribution in [0.3, 0.4) is 0 Å². The number of carbonyl (C=O) groups excluding carboxylic acids is 1. The second-order valence-electron chi connectivity index (χ2n) is 1.92. The zero-order valence-corrected chi connectivity index (χ0v) is 7.02. The molecule has 1 rings (SSSR count). The molecule has 8 nitrogen and oxygen atoms in total. The van der Waals surface area contributed by atoms with E-state index in [1.807, 2.05) is 5.32 Å². The van der Waals surface area contributed by atoms with Crippen molar-refractivity contribution in [2.45, 2.75) is 0 Å². The van der Waals surface area contributed by atoms with E-state index in [1.165, 1.54) is 12.4 Å². The van der Waals surface area contributed by atoms with Gasteiger partial charge in [0, 0.05) is 0 Å². The van der Waals surface area contributed by atoms with Crippen LogP contribution in [0.15, 0.2) is 12.4 Å². The van der Waals surface area contributed by atoms with Crippen LogP contribution in [0, 0.1) is 0 Å². The average molecular weight is 203 g/mol. The lowest BCUT2D eigenvalue weighted by Crippen LogP contribution is -2.28. The van der Waals surface area contributed by atoms with Crippen LogP contribution in [0.2, 0.25) is 0 Å². The van der Waals surface area contributed by atoms with Crippen LogP contribution in [0.4, 0.5) is 10.7 Å². The molecular formula is C4H5N5O3S. The van der Waals surface area contributed by atoms with Crippen molar-refractivity contribution in [3.63, 3.8) is 0 Å². The molecule has 0 bridgehead atoms. The summed E-state index contributed by atoms with van der Waals surface area (Å²) in [5.41, 5.74) is 0. The highest BCUT2D eigenvalue weighted by Crippen LogP contribution is 1.94. The van der Waals surface area contributed by atoms with Crippen LogP contribution in [0.5, 0.6) is 0 Å². The van der Waals surface area contributed by atoms with Gasteiger partial charge in [-0.1, -0.05) is 0 Å². The highest BCUT2D eigenvalue weighted by atomic mass is 32.2. The Balaban J connectivity index is 2.78. The number of nitrogens with two attached hydrogens (primary N) is 1.